The molecule has 14 heavy (non-hydrogen) atoms. The minimum absolute atomic E-state index is 0.0659. The molecule has 0 saturated carbocycles. The van der Waals surface area contributed by atoms with Gasteiger partial charge in [0.15, 0.2) is 0 Å². The third kappa shape index (κ3) is 1.11. The molecule has 1 aromatic carbocycles. The van der Waals surface area contributed by atoms with E-state index < -0.39 is 9.84 Å². The molecule has 0 aromatic heterocycles. The van der Waals surface area contributed by atoms with Crippen molar-refractivity contribution in [1.82, 2.24) is 0 Å². The number of rotatable bonds is 1. The van der Waals surface area contributed by atoms with Gasteiger partial charge in [0.2, 0.25) is 9.84 Å². The molecule has 0 aliphatic carbocycles. The van der Waals surface area contributed by atoms with Crippen LogP contribution < -0.4 is 5.73 Å². The molecule has 1 aliphatic heterocycles. The van der Waals surface area contributed by atoms with Crippen molar-refractivity contribution in [3.63, 3.8) is 0 Å². The average molecular weight is 209 g/mol. The van der Waals surface area contributed by atoms with Gasteiger partial charge in [0.05, 0.1) is 9.80 Å². The zero-order valence-corrected chi connectivity index (χ0v) is 8.64. The predicted octanol–water partition coefficient (Wildman–Crippen LogP) is 1.08. The summed E-state index contributed by atoms with van der Waals surface area (Å²) in [5.74, 6) is 0. The van der Waals surface area contributed by atoms with Crippen molar-refractivity contribution in [2.75, 3.05) is 6.54 Å². The van der Waals surface area contributed by atoms with Crippen LogP contribution in [0.15, 0.2) is 28.0 Å². The molecule has 2 rings (SSSR count). The molecule has 0 saturated heterocycles. The first kappa shape index (κ1) is 9.43. The summed E-state index contributed by atoms with van der Waals surface area (Å²) >= 11 is 0. The van der Waals surface area contributed by atoms with Crippen LogP contribution in [0.3, 0.4) is 0 Å². The summed E-state index contributed by atoms with van der Waals surface area (Å²) in [6.45, 7) is 1.86. The quantitative estimate of drug-likeness (QED) is 0.753. The maximum Gasteiger partial charge on any atom is 0.204 e. The topological polar surface area (TPSA) is 60.2 Å². The Morgan fingerprint density at radius 2 is 2.07 bits per heavy atom. The van der Waals surface area contributed by atoms with Gasteiger partial charge in [0, 0.05) is 6.54 Å². The van der Waals surface area contributed by atoms with Gasteiger partial charge in [-0.3, -0.25) is 0 Å². The summed E-state index contributed by atoms with van der Waals surface area (Å²) in [6.07, 6.45) is 1.65. The van der Waals surface area contributed by atoms with Crippen LogP contribution in [-0.4, -0.2) is 15.0 Å². The minimum atomic E-state index is -3.29. The van der Waals surface area contributed by atoms with Crippen molar-refractivity contribution >= 4 is 15.9 Å². The zero-order valence-electron chi connectivity index (χ0n) is 7.82. The normalized spacial score (nSPS) is 17.7. The molecule has 1 aliphatic rings. The van der Waals surface area contributed by atoms with E-state index in [1.807, 2.05) is 6.07 Å². The zero-order chi connectivity index (χ0) is 10.3. The van der Waals surface area contributed by atoms with E-state index in [1.165, 1.54) is 0 Å². The fourth-order valence-corrected chi connectivity index (χ4v) is 3.40. The summed E-state index contributed by atoms with van der Waals surface area (Å²) < 4.78 is 23.8. The summed E-state index contributed by atoms with van der Waals surface area (Å²) in [5.41, 5.74) is 6.93. The van der Waals surface area contributed by atoms with Gasteiger partial charge in [-0.25, -0.2) is 8.42 Å². The standard InChI is InChI=1S/C10H11NO2S/c1-7-3-2-4-8-5-9(6-11)14(12,13)10(7)8/h2-5H,6,11H2,1H3. The Bertz CT molecular complexity index is 515. The highest BCUT2D eigenvalue weighted by molar-refractivity contribution is 7.96. The van der Waals surface area contributed by atoms with Gasteiger partial charge in [-0.1, -0.05) is 18.2 Å². The lowest BCUT2D eigenvalue weighted by Gasteiger charge is -2.03. The van der Waals surface area contributed by atoms with Gasteiger partial charge in [-0.2, -0.15) is 0 Å². The van der Waals surface area contributed by atoms with Crippen molar-refractivity contribution in [2.45, 2.75) is 11.8 Å². The molecule has 4 heteroatoms. The van der Waals surface area contributed by atoms with Gasteiger partial charge in [-0.15, -0.1) is 0 Å². The second-order valence-electron chi connectivity index (χ2n) is 3.31. The predicted molar refractivity (Wildman–Crippen MR) is 55.4 cm³/mol. The Balaban J connectivity index is 2.78. The molecule has 1 aromatic rings. The maximum atomic E-state index is 11.9. The largest absolute Gasteiger partial charge is 0.326 e. The molecule has 0 fully saturated rings. The summed E-state index contributed by atoms with van der Waals surface area (Å²) in [4.78, 5) is 0.724. The third-order valence-electron chi connectivity index (χ3n) is 2.37. The molecule has 0 spiro atoms. The van der Waals surface area contributed by atoms with Gasteiger partial charge in [0.25, 0.3) is 0 Å². The number of nitrogens with two attached hydrogens (primary N) is 1. The average Bonchev–Trinajstić information content (AvgIpc) is 2.38. The van der Waals surface area contributed by atoms with Crippen molar-refractivity contribution in [3.8, 4) is 0 Å². The molecule has 3 nitrogen and oxygen atoms in total. The number of sulfone groups is 1. The van der Waals surface area contributed by atoms with Crippen LogP contribution in [0.2, 0.25) is 0 Å². The van der Waals surface area contributed by atoms with Gasteiger partial charge in [0.1, 0.15) is 0 Å². The molecule has 74 valence electrons. The van der Waals surface area contributed by atoms with E-state index in [4.69, 9.17) is 5.73 Å². The summed E-state index contributed by atoms with van der Waals surface area (Å²) in [7, 11) is -3.29. The Morgan fingerprint density at radius 3 is 2.64 bits per heavy atom. The van der Waals surface area contributed by atoms with Crippen LogP contribution in [0.25, 0.3) is 6.08 Å². The molecule has 0 unspecified atom stereocenters. The lowest BCUT2D eigenvalue weighted by atomic mass is 10.1. The molecular formula is C10H11NO2S. The smallest absolute Gasteiger partial charge is 0.204 e. The first-order valence-electron chi connectivity index (χ1n) is 4.32. The number of hydrogen-bond acceptors (Lipinski definition) is 3. The van der Waals surface area contributed by atoms with Crippen LogP contribution in [0.4, 0.5) is 0 Å². The van der Waals surface area contributed by atoms with Crippen LogP contribution in [0.1, 0.15) is 11.1 Å². The molecule has 2 N–H and O–H groups in total. The molecular weight excluding hydrogens is 198 g/mol. The Morgan fingerprint density at radius 1 is 1.36 bits per heavy atom. The third-order valence-corrected chi connectivity index (χ3v) is 4.44. The number of fused-ring (bicyclic) bond motifs is 1. The van der Waals surface area contributed by atoms with Crippen molar-refractivity contribution in [1.29, 1.82) is 0 Å². The summed E-state index contributed by atoms with van der Waals surface area (Å²) in [6, 6.07) is 5.44. The highest BCUT2D eigenvalue weighted by Gasteiger charge is 2.29. The van der Waals surface area contributed by atoms with E-state index in [1.54, 1.807) is 25.1 Å². The van der Waals surface area contributed by atoms with E-state index in [9.17, 15) is 8.42 Å². The van der Waals surface area contributed by atoms with Crippen molar-refractivity contribution < 1.29 is 8.42 Å². The van der Waals surface area contributed by atoms with Gasteiger partial charge in [-0.05, 0) is 24.1 Å². The van der Waals surface area contributed by atoms with Crippen LogP contribution in [0, 0.1) is 6.92 Å². The van der Waals surface area contributed by atoms with Crippen LogP contribution in [0.5, 0.6) is 0 Å². The monoisotopic (exact) mass is 209 g/mol. The molecule has 0 amide bonds. The first-order valence-corrected chi connectivity index (χ1v) is 5.81. The second-order valence-corrected chi connectivity index (χ2v) is 5.25. The highest BCUT2D eigenvalue weighted by Crippen LogP contribution is 2.34. The second kappa shape index (κ2) is 2.93. The first-order chi connectivity index (χ1) is 6.57. The highest BCUT2D eigenvalue weighted by atomic mass is 32.2. The van der Waals surface area contributed by atoms with Gasteiger partial charge >= 0.3 is 0 Å². The Hall–Kier alpha value is -1.13. The van der Waals surface area contributed by atoms with E-state index in [-0.39, 0.29) is 6.54 Å². The summed E-state index contributed by atoms with van der Waals surface area (Å²) in [5, 5.41) is 0. The van der Waals surface area contributed by atoms with E-state index in [0.29, 0.717) is 9.80 Å². The lowest BCUT2D eigenvalue weighted by Crippen LogP contribution is -2.11. The lowest BCUT2D eigenvalue weighted by molar-refractivity contribution is 0.602. The van der Waals surface area contributed by atoms with Crippen molar-refractivity contribution in [3.05, 3.63) is 34.2 Å². The fourth-order valence-electron chi connectivity index (χ4n) is 1.71. The van der Waals surface area contributed by atoms with Crippen LogP contribution >= 0.6 is 0 Å². The fraction of sp³-hybridized carbons (Fsp3) is 0.200. The number of benzene rings is 1. The Labute approximate surface area is 83.2 Å². The number of hydrogen-bond donors (Lipinski definition) is 1. The van der Waals surface area contributed by atoms with E-state index >= 15 is 0 Å². The van der Waals surface area contributed by atoms with E-state index in [0.717, 1.165) is 11.1 Å². The van der Waals surface area contributed by atoms with Crippen molar-refractivity contribution in [2.24, 2.45) is 5.73 Å². The molecule has 0 bridgehead atoms. The number of aryl methyl sites for hydroxylation is 1. The molecule has 0 atom stereocenters. The van der Waals surface area contributed by atoms with E-state index in [2.05, 4.69) is 0 Å². The SMILES string of the molecule is Cc1cccc2c1S(=O)(=O)C(CN)=C2. The minimum Gasteiger partial charge on any atom is -0.326 e. The van der Waals surface area contributed by atoms with Gasteiger partial charge < -0.3 is 5.73 Å². The molecule has 0 radical (unpaired) electrons. The maximum absolute atomic E-state index is 11.9. The Kier molecular flexibility index (Phi) is 1.97. The van der Waals surface area contributed by atoms with Crippen LogP contribution in [-0.2, 0) is 9.84 Å². The molecule has 1 heterocycles.